The van der Waals surface area contributed by atoms with Gasteiger partial charge in [-0.25, -0.2) is 4.39 Å². The van der Waals surface area contributed by atoms with Crippen molar-refractivity contribution in [1.82, 2.24) is 0 Å². The Hall–Kier alpha value is -1.13. The van der Waals surface area contributed by atoms with E-state index in [1.165, 1.54) is 12.1 Å². The third-order valence-electron chi connectivity index (χ3n) is 2.40. The minimum Gasteiger partial charge on any atom is -0.322 e. The lowest BCUT2D eigenvalue weighted by atomic mass is 10.0. The maximum atomic E-state index is 13.4. The van der Waals surface area contributed by atoms with Gasteiger partial charge in [-0.1, -0.05) is 19.9 Å². The fraction of sp³-hybridized carbons (Fsp3) is 0.417. The van der Waals surface area contributed by atoms with E-state index in [0.29, 0.717) is 0 Å². The van der Waals surface area contributed by atoms with Crippen LogP contribution >= 0.6 is 12.4 Å². The maximum absolute atomic E-state index is 13.4. The highest BCUT2D eigenvalue weighted by Gasteiger charge is 2.18. The van der Waals surface area contributed by atoms with Crippen molar-refractivity contribution in [3.8, 4) is 0 Å². The summed E-state index contributed by atoms with van der Waals surface area (Å²) in [5.41, 5.74) is 6.64. The average Bonchev–Trinajstić information content (AvgIpc) is 2.20. The second-order valence-electron chi connectivity index (χ2n) is 4.24. The summed E-state index contributed by atoms with van der Waals surface area (Å²) >= 11 is 0. The van der Waals surface area contributed by atoms with Gasteiger partial charge in [0.15, 0.2) is 0 Å². The minimum atomic E-state index is -0.624. The largest absolute Gasteiger partial charge is 0.322 e. The first kappa shape index (κ1) is 15.9. The number of nitrogens with two attached hydrogens (primary N) is 1. The minimum absolute atomic E-state index is 0. The molecule has 0 heterocycles. The Bertz CT molecular complexity index is 396. The van der Waals surface area contributed by atoms with Gasteiger partial charge in [0, 0.05) is 0 Å². The van der Waals surface area contributed by atoms with Crippen molar-refractivity contribution in [2.45, 2.75) is 26.8 Å². The molecule has 0 spiro atoms. The van der Waals surface area contributed by atoms with Crippen molar-refractivity contribution in [2.24, 2.45) is 11.7 Å². The van der Waals surface area contributed by atoms with E-state index in [9.17, 15) is 9.18 Å². The quantitative estimate of drug-likeness (QED) is 0.877. The summed E-state index contributed by atoms with van der Waals surface area (Å²) in [6.45, 7) is 5.47. The molecule has 1 atom stereocenters. The lowest BCUT2D eigenvalue weighted by Gasteiger charge is -2.15. The van der Waals surface area contributed by atoms with Crippen molar-refractivity contribution in [3.63, 3.8) is 0 Å². The highest BCUT2D eigenvalue weighted by Crippen LogP contribution is 2.15. The van der Waals surface area contributed by atoms with E-state index >= 15 is 0 Å². The van der Waals surface area contributed by atoms with Gasteiger partial charge in [-0.15, -0.1) is 12.4 Å². The number of benzene rings is 1. The molecule has 0 aliphatic rings. The van der Waals surface area contributed by atoms with Gasteiger partial charge in [0.05, 0.1) is 11.7 Å². The van der Waals surface area contributed by atoms with Crippen LogP contribution in [-0.4, -0.2) is 11.9 Å². The molecule has 96 valence electrons. The number of aryl methyl sites for hydroxylation is 1. The molecule has 0 aromatic heterocycles. The summed E-state index contributed by atoms with van der Waals surface area (Å²) in [5.74, 6) is -0.782. The topological polar surface area (TPSA) is 55.1 Å². The Kier molecular flexibility index (Phi) is 6.13. The first-order valence-corrected chi connectivity index (χ1v) is 5.24. The smallest absolute Gasteiger partial charge is 0.241 e. The lowest BCUT2D eigenvalue weighted by Crippen LogP contribution is -2.39. The number of halogens is 2. The molecule has 0 bridgehead atoms. The van der Waals surface area contributed by atoms with Crippen molar-refractivity contribution in [2.75, 3.05) is 5.32 Å². The van der Waals surface area contributed by atoms with Crippen LogP contribution in [0.15, 0.2) is 18.2 Å². The Morgan fingerprint density at radius 1 is 1.41 bits per heavy atom. The van der Waals surface area contributed by atoms with Crippen molar-refractivity contribution >= 4 is 24.0 Å². The van der Waals surface area contributed by atoms with E-state index in [0.717, 1.165) is 5.56 Å². The molecule has 17 heavy (non-hydrogen) atoms. The Morgan fingerprint density at radius 3 is 2.47 bits per heavy atom. The van der Waals surface area contributed by atoms with Crippen LogP contribution in [0.25, 0.3) is 0 Å². The molecule has 0 saturated carbocycles. The van der Waals surface area contributed by atoms with E-state index in [4.69, 9.17) is 5.73 Å². The number of rotatable bonds is 3. The fourth-order valence-corrected chi connectivity index (χ4v) is 1.24. The molecule has 1 unspecified atom stereocenters. The molecule has 0 radical (unpaired) electrons. The molecule has 0 aliphatic carbocycles. The zero-order valence-corrected chi connectivity index (χ0v) is 11.0. The molecule has 0 fully saturated rings. The van der Waals surface area contributed by atoms with Crippen molar-refractivity contribution in [1.29, 1.82) is 0 Å². The summed E-state index contributed by atoms with van der Waals surface area (Å²) in [6.07, 6.45) is 0. The third kappa shape index (κ3) is 4.32. The summed E-state index contributed by atoms with van der Waals surface area (Å²) < 4.78 is 13.4. The van der Waals surface area contributed by atoms with Gasteiger partial charge in [0.1, 0.15) is 5.82 Å². The van der Waals surface area contributed by atoms with Crippen molar-refractivity contribution < 1.29 is 9.18 Å². The number of carbonyl (C=O) groups excluding carboxylic acids is 1. The van der Waals surface area contributed by atoms with Gasteiger partial charge in [-0.3, -0.25) is 4.79 Å². The van der Waals surface area contributed by atoms with Crippen LogP contribution in [0.3, 0.4) is 0 Å². The van der Waals surface area contributed by atoms with Crippen LogP contribution in [0.2, 0.25) is 0 Å². The van der Waals surface area contributed by atoms with E-state index < -0.39 is 11.9 Å². The molecule has 3 nitrogen and oxygen atoms in total. The number of carbonyl (C=O) groups is 1. The number of nitrogens with one attached hydrogen (secondary N) is 1. The number of hydrogen-bond donors (Lipinski definition) is 2. The van der Waals surface area contributed by atoms with E-state index in [2.05, 4.69) is 5.32 Å². The van der Waals surface area contributed by atoms with Crippen LogP contribution in [0.1, 0.15) is 19.4 Å². The maximum Gasteiger partial charge on any atom is 0.241 e. The van der Waals surface area contributed by atoms with Crippen molar-refractivity contribution in [3.05, 3.63) is 29.6 Å². The summed E-state index contributed by atoms with van der Waals surface area (Å²) in [7, 11) is 0. The summed E-state index contributed by atoms with van der Waals surface area (Å²) in [5, 5.41) is 2.48. The standard InChI is InChI=1S/C12H17FN2O.ClH/c1-7(2)11(14)12(16)15-10-5-4-8(3)6-9(10)13;/h4-7,11H,14H2,1-3H3,(H,15,16);1H. The number of anilines is 1. The molecule has 5 heteroatoms. The third-order valence-corrected chi connectivity index (χ3v) is 2.40. The SMILES string of the molecule is Cc1ccc(NC(=O)C(N)C(C)C)c(F)c1.Cl. The Labute approximate surface area is 107 Å². The molecule has 0 aliphatic heterocycles. The average molecular weight is 261 g/mol. The molecule has 1 aromatic rings. The lowest BCUT2D eigenvalue weighted by molar-refractivity contribution is -0.118. The monoisotopic (exact) mass is 260 g/mol. The normalized spacial score (nSPS) is 11.9. The highest BCUT2D eigenvalue weighted by atomic mass is 35.5. The van der Waals surface area contributed by atoms with Gasteiger partial charge in [0.2, 0.25) is 5.91 Å². The van der Waals surface area contributed by atoms with Gasteiger partial charge in [-0.2, -0.15) is 0 Å². The van der Waals surface area contributed by atoms with Gasteiger partial charge in [0.25, 0.3) is 0 Å². The predicted molar refractivity (Wildman–Crippen MR) is 69.8 cm³/mol. The second kappa shape index (κ2) is 6.57. The molecule has 3 N–H and O–H groups in total. The van der Waals surface area contributed by atoms with Gasteiger partial charge in [-0.05, 0) is 30.5 Å². The molecular formula is C12H18ClFN2O. The molecular weight excluding hydrogens is 243 g/mol. The van der Waals surface area contributed by atoms with Crippen LogP contribution in [0.5, 0.6) is 0 Å². The predicted octanol–water partition coefficient (Wildman–Crippen LogP) is 2.48. The summed E-state index contributed by atoms with van der Waals surface area (Å²) in [4.78, 5) is 11.6. The zero-order chi connectivity index (χ0) is 12.3. The van der Waals surface area contributed by atoms with Gasteiger partial charge >= 0.3 is 0 Å². The highest BCUT2D eigenvalue weighted by molar-refractivity contribution is 5.94. The first-order chi connectivity index (χ1) is 7.41. The molecule has 1 amide bonds. The zero-order valence-electron chi connectivity index (χ0n) is 10.2. The first-order valence-electron chi connectivity index (χ1n) is 5.24. The summed E-state index contributed by atoms with van der Waals surface area (Å²) in [6, 6.07) is 4.02. The second-order valence-corrected chi connectivity index (χ2v) is 4.24. The number of amides is 1. The van der Waals surface area contributed by atoms with Crippen LogP contribution in [0.4, 0.5) is 10.1 Å². The van der Waals surface area contributed by atoms with Gasteiger partial charge < -0.3 is 11.1 Å². The van der Waals surface area contributed by atoms with Crippen LogP contribution in [-0.2, 0) is 4.79 Å². The van der Waals surface area contributed by atoms with E-state index in [1.807, 2.05) is 13.8 Å². The fourth-order valence-electron chi connectivity index (χ4n) is 1.24. The molecule has 0 saturated heterocycles. The van der Waals surface area contributed by atoms with E-state index in [1.54, 1.807) is 13.0 Å². The molecule has 1 rings (SSSR count). The van der Waals surface area contributed by atoms with E-state index in [-0.39, 0.29) is 29.9 Å². The Morgan fingerprint density at radius 2 is 2.00 bits per heavy atom. The van der Waals surface area contributed by atoms with Crippen LogP contribution in [0, 0.1) is 18.7 Å². The van der Waals surface area contributed by atoms with Crippen LogP contribution < -0.4 is 11.1 Å². The number of hydrogen-bond acceptors (Lipinski definition) is 2. The molecule has 1 aromatic carbocycles. The Balaban J connectivity index is 0.00000256.